The monoisotopic (exact) mass is 168 g/mol. The summed E-state index contributed by atoms with van der Waals surface area (Å²) in [4.78, 5) is 0. The fraction of sp³-hybridized carbons (Fsp3) is 0.833. The lowest BCUT2D eigenvalue weighted by molar-refractivity contribution is 0.664. The molecule has 1 unspecified atom stereocenters. The standard InChI is InChI=1S/C12H24/c1-4-6-7-8-9-10-11-12(3)5-2/h10-12H,4-9H2,1-3H3/b11-10+. The van der Waals surface area contributed by atoms with Crippen LogP contribution in [0.5, 0.6) is 0 Å². The first kappa shape index (κ1) is 11.7. The van der Waals surface area contributed by atoms with Gasteiger partial charge in [0, 0.05) is 0 Å². The van der Waals surface area contributed by atoms with Crippen LogP contribution in [0.1, 0.15) is 59.3 Å². The summed E-state index contributed by atoms with van der Waals surface area (Å²) < 4.78 is 0. The number of hydrogen-bond donors (Lipinski definition) is 0. The van der Waals surface area contributed by atoms with Crippen molar-refractivity contribution < 1.29 is 0 Å². The summed E-state index contributed by atoms with van der Waals surface area (Å²) in [6.45, 7) is 6.78. The largest absolute Gasteiger partial charge is 0.0883 e. The molecule has 0 rings (SSSR count). The Morgan fingerprint density at radius 1 is 1.08 bits per heavy atom. The number of unbranched alkanes of at least 4 members (excludes halogenated alkanes) is 4. The molecular weight excluding hydrogens is 144 g/mol. The summed E-state index contributed by atoms with van der Waals surface area (Å²) in [5, 5.41) is 0. The van der Waals surface area contributed by atoms with Gasteiger partial charge in [0.2, 0.25) is 0 Å². The van der Waals surface area contributed by atoms with Crippen molar-refractivity contribution in [1.82, 2.24) is 0 Å². The van der Waals surface area contributed by atoms with Crippen LogP contribution >= 0.6 is 0 Å². The van der Waals surface area contributed by atoms with E-state index in [9.17, 15) is 0 Å². The minimum Gasteiger partial charge on any atom is -0.0883 e. The molecule has 0 saturated carbocycles. The van der Waals surface area contributed by atoms with Gasteiger partial charge in [-0.15, -0.1) is 0 Å². The molecular formula is C12H24. The van der Waals surface area contributed by atoms with Gasteiger partial charge in [-0.3, -0.25) is 0 Å². The lowest BCUT2D eigenvalue weighted by atomic mass is 10.1. The van der Waals surface area contributed by atoms with Crippen LogP contribution in [-0.2, 0) is 0 Å². The third-order valence-corrected chi connectivity index (χ3v) is 2.33. The second-order valence-corrected chi connectivity index (χ2v) is 3.66. The average Bonchev–Trinajstić information content (AvgIpc) is 2.10. The van der Waals surface area contributed by atoms with E-state index in [1.54, 1.807) is 0 Å². The van der Waals surface area contributed by atoms with Gasteiger partial charge in [0.1, 0.15) is 0 Å². The van der Waals surface area contributed by atoms with Gasteiger partial charge in [0.05, 0.1) is 0 Å². The van der Waals surface area contributed by atoms with E-state index >= 15 is 0 Å². The second kappa shape index (κ2) is 8.83. The Morgan fingerprint density at radius 3 is 2.42 bits per heavy atom. The van der Waals surface area contributed by atoms with Gasteiger partial charge in [-0.25, -0.2) is 0 Å². The molecule has 0 aromatic carbocycles. The predicted octanol–water partition coefficient (Wildman–Crippen LogP) is 4.56. The Balaban J connectivity index is 3.12. The zero-order chi connectivity index (χ0) is 9.23. The van der Waals surface area contributed by atoms with Crippen molar-refractivity contribution in [1.29, 1.82) is 0 Å². The minimum atomic E-state index is 0.774. The first-order valence-electron chi connectivity index (χ1n) is 5.47. The topological polar surface area (TPSA) is 0 Å². The molecule has 0 nitrogen and oxygen atoms in total. The minimum absolute atomic E-state index is 0.774. The molecule has 0 heteroatoms. The normalized spacial score (nSPS) is 13.9. The molecule has 0 N–H and O–H groups in total. The van der Waals surface area contributed by atoms with Crippen molar-refractivity contribution >= 4 is 0 Å². The Bertz CT molecular complexity index is 103. The van der Waals surface area contributed by atoms with Crippen LogP contribution in [-0.4, -0.2) is 0 Å². The first-order chi connectivity index (χ1) is 5.81. The van der Waals surface area contributed by atoms with Crippen LogP contribution < -0.4 is 0 Å². The Morgan fingerprint density at radius 2 is 1.83 bits per heavy atom. The summed E-state index contributed by atoms with van der Waals surface area (Å²) in [6, 6.07) is 0. The molecule has 0 aliphatic heterocycles. The fourth-order valence-electron chi connectivity index (χ4n) is 1.15. The average molecular weight is 168 g/mol. The van der Waals surface area contributed by atoms with E-state index in [1.807, 2.05) is 0 Å². The Labute approximate surface area is 78.1 Å². The Hall–Kier alpha value is -0.260. The molecule has 0 bridgehead atoms. The fourth-order valence-corrected chi connectivity index (χ4v) is 1.15. The van der Waals surface area contributed by atoms with E-state index in [4.69, 9.17) is 0 Å². The van der Waals surface area contributed by atoms with E-state index < -0.39 is 0 Å². The van der Waals surface area contributed by atoms with Crippen LogP contribution in [0.25, 0.3) is 0 Å². The van der Waals surface area contributed by atoms with Crippen LogP contribution in [0.2, 0.25) is 0 Å². The molecule has 1 atom stereocenters. The molecule has 0 saturated heterocycles. The van der Waals surface area contributed by atoms with Crippen molar-refractivity contribution in [2.75, 3.05) is 0 Å². The summed E-state index contributed by atoms with van der Waals surface area (Å²) in [6.07, 6.45) is 12.8. The molecule has 72 valence electrons. The van der Waals surface area contributed by atoms with Crippen LogP contribution in [0.15, 0.2) is 12.2 Å². The maximum Gasteiger partial charge on any atom is -0.0265 e. The molecule has 0 aromatic heterocycles. The predicted molar refractivity (Wildman–Crippen MR) is 57.4 cm³/mol. The number of hydrogen-bond acceptors (Lipinski definition) is 0. The van der Waals surface area contributed by atoms with Crippen molar-refractivity contribution in [2.24, 2.45) is 5.92 Å². The molecule has 0 aliphatic carbocycles. The van der Waals surface area contributed by atoms with E-state index in [1.165, 1.54) is 38.5 Å². The van der Waals surface area contributed by atoms with Crippen LogP contribution in [0.4, 0.5) is 0 Å². The number of allylic oxidation sites excluding steroid dienone is 2. The maximum atomic E-state index is 2.35. The van der Waals surface area contributed by atoms with Gasteiger partial charge < -0.3 is 0 Å². The molecule has 0 radical (unpaired) electrons. The van der Waals surface area contributed by atoms with Crippen molar-refractivity contribution in [3.63, 3.8) is 0 Å². The summed E-state index contributed by atoms with van der Waals surface area (Å²) in [5.41, 5.74) is 0. The van der Waals surface area contributed by atoms with E-state index in [2.05, 4.69) is 32.9 Å². The lowest BCUT2D eigenvalue weighted by Gasteiger charge is -1.99. The van der Waals surface area contributed by atoms with Gasteiger partial charge in [-0.05, 0) is 18.8 Å². The van der Waals surface area contributed by atoms with E-state index in [0.29, 0.717) is 0 Å². The molecule has 0 fully saturated rings. The van der Waals surface area contributed by atoms with Gasteiger partial charge in [0.25, 0.3) is 0 Å². The van der Waals surface area contributed by atoms with Crippen molar-refractivity contribution in [3.8, 4) is 0 Å². The maximum absolute atomic E-state index is 2.35. The smallest absolute Gasteiger partial charge is 0.0265 e. The molecule has 0 aliphatic rings. The summed E-state index contributed by atoms with van der Waals surface area (Å²) >= 11 is 0. The zero-order valence-electron chi connectivity index (χ0n) is 8.97. The molecule has 12 heavy (non-hydrogen) atoms. The third kappa shape index (κ3) is 7.84. The SMILES string of the molecule is CCCCCC/C=C/C(C)CC. The highest BCUT2D eigenvalue weighted by atomic mass is 14.0. The lowest BCUT2D eigenvalue weighted by Crippen LogP contribution is -1.83. The van der Waals surface area contributed by atoms with Gasteiger partial charge in [0.15, 0.2) is 0 Å². The van der Waals surface area contributed by atoms with Crippen LogP contribution in [0, 0.1) is 5.92 Å². The quantitative estimate of drug-likeness (QED) is 0.386. The molecule has 0 amide bonds. The zero-order valence-corrected chi connectivity index (χ0v) is 8.97. The second-order valence-electron chi connectivity index (χ2n) is 3.66. The van der Waals surface area contributed by atoms with Crippen LogP contribution in [0.3, 0.4) is 0 Å². The Kier molecular flexibility index (Phi) is 8.64. The highest BCUT2D eigenvalue weighted by molar-refractivity contribution is 4.85. The van der Waals surface area contributed by atoms with E-state index in [0.717, 1.165) is 5.92 Å². The molecule has 0 spiro atoms. The van der Waals surface area contributed by atoms with Crippen molar-refractivity contribution in [3.05, 3.63) is 12.2 Å². The summed E-state index contributed by atoms with van der Waals surface area (Å²) in [5.74, 6) is 0.774. The number of rotatable bonds is 7. The summed E-state index contributed by atoms with van der Waals surface area (Å²) in [7, 11) is 0. The van der Waals surface area contributed by atoms with Crippen molar-refractivity contribution in [2.45, 2.75) is 59.3 Å². The van der Waals surface area contributed by atoms with E-state index in [-0.39, 0.29) is 0 Å². The van der Waals surface area contributed by atoms with Gasteiger partial charge in [-0.1, -0.05) is 58.6 Å². The third-order valence-electron chi connectivity index (χ3n) is 2.33. The molecule has 0 heterocycles. The van der Waals surface area contributed by atoms with Gasteiger partial charge >= 0.3 is 0 Å². The molecule has 0 aromatic rings. The highest BCUT2D eigenvalue weighted by Crippen LogP contribution is 2.06. The van der Waals surface area contributed by atoms with Gasteiger partial charge in [-0.2, -0.15) is 0 Å². The highest BCUT2D eigenvalue weighted by Gasteiger charge is 1.89. The first-order valence-corrected chi connectivity index (χ1v) is 5.47.